The van der Waals surface area contributed by atoms with Gasteiger partial charge in [-0.1, -0.05) is 25.5 Å². The van der Waals surface area contributed by atoms with Gasteiger partial charge in [-0.05, 0) is 44.0 Å². The quantitative estimate of drug-likeness (QED) is 0.889. The van der Waals surface area contributed by atoms with Crippen molar-refractivity contribution >= 4 is 9.84 Å². The van der Waals surface area contributed by atoms with E-state index in [1.54, 1.807) is 12.1 Å². The number of benzene rings is 1. The highest BCUT2D eigenvalue weighted by Gasteiger charge is 2.48. The van der Waals surface area contributed by atoms with Gasteiger partial charge in [-0.3, -0.25) is 0 Å². The smallest absolute Gasteiger partial charge is 0.185 e. The molecule has 0 spiro atoms. The van der Waals surface area contributed by atoms with Crippen LogP contribution in [0.3, 0.4) is 0 Å². The van der Waals surface area contributed by atoms with E-state index in [1.807, 2.05) is 19.2 Å². The Morgan fingerprint density at radius 3 is 2.22 bits per heavy atom. The van der Waals surface area contributed by atoms with Gasteiger partial charge in [-0.2, -0.15) is 0 Å². The van der Waals surface area contributed by atoms with E-state index in [2.05, 4.69) is 12.2 Å². The fraction of sp³-hybridized carbons (Fsp3) is 0.571. The first-order valence-corrected chi connectivity index (χ1v) is 8.02. The molecule has 1 saturated carbocycles. The molecule has 0 amide bonds. The molecule has 4 heteroatoms. The van der Waals surface area contributed by atoms with E-state index in [0.717, 1.165) is 25.7 Å². The second-order valence-corrected chi connectivity index (χ2v) is 7.41. The van der Waals surface area contributed by atoms with Gasteiger partial charge in [-0.15, -0.1) is 0 Å². The highest BCUT2D eigenvalue weighted by atomic mass is 32.2. The summed E-state index contributed by atoms with van der Waals surface area (Å²) in [5, 5.41) is 3.03. The number of rotatable bonds is 5. The molecule has 100 valence electrons. The average Bonchev–Trinajstić information content (AvgIpc) is 2.33. The predicted octanol–water partition coefficient (Wildman–Crippen LogP) is 2.16. The largest absolute Gasteiger partial charge is 0.318 e. The van der Waals surface area contributed by atoms with Crippen molar-refractivity contribution in [1.29, 1.82) is 0 Å². The van der Waals surface area contributed by atoms with Gasteiger partial charge in [0, 0.05) is 6.54 Å². The summed E-state index contributed by atoms with van der Waals surface area (Å²) in [7, 11) is -1.40. The number of sulfone groups is 1. The first-order chi connectivity index (χ1) is 8.55. The summed E-state index contributed by atoms with van der Waals surface area (Å²) in [6.07, 6.45) is 3.48. The molecule has 1 N–H and O–H groups in total. The molecule has 0 aromatic heterocycles. The van der Waals surface area contributed by atoms with Crippen molar-refractivity contribution in [3.8, 4) is 0 Å². The first-order valence-electron chi connectivity index (χ1n) is 6.54. The van der Waals surface area contributed by atoms with Gasteiger partial charge < -0.3 is 5.32 Å². The van der Waals surface area contributed by atoms with Gasteiger partial charge >= 0.3 is 0 Å². The summed E-state index contributed by atoms with van der Waals surface area (Å²) in [5.41, 5.74) is 1.17. The highest BCUT2D eigenvalue weighted by molar-refractivity contribution is 7.93. The fourth-order valence-corrected chi connectivity index (χ4v) is 4.74. The molecule has 0 radical (unpaired) electrons. The molecule has 0 unspecified atom stereocenters. The van der Waals surface area contributed by atoms with E-state index in [0.29, 0.717) is 11.4 Å². The minimum atomic E-state index is -3.21. The Morgan fingerprint density at radius 1 is 1.22 bits per heavy atom. The predicted molar refractivity (Wildman–Crippen MR) is 73.5 cm³/mol. The Morgan fingerprint density at radius 2 is 1.83 bits per heavy atom. The Labute approximate surface area is 110 Å². The molecule has 18 heavy (non-hydrogen) atoms. The molecule has 1 aromatic carbocycles. The summed E-state index contributed by atoms with van der Waals surface area (Å²) < 4.78 is 24.8. The molecule has 0 saturated heterocycles. The molecule has 1 fully saturated rings. The monoisotopic (exact) mass is 267 g/mol. The molecule has 1 aromatic rings. The highest BCUT2D eigenvalue weighted by Crippen LogP contribution is 2.42. The molecule has 1 aliphatic rings. The van der Waals surface area contributed by atoms with Crippen molar-refractivity contribution in [3.05, 3.63) is 29.8 Å². The Hall–Kier alpha value is -0.870. The van der Waals surface area contributed by atoms with Gasteiger partial charge in [-0.25, -0.2) is 8.42 Å². The van der Waals surface area contributed by atoms with Crippen LogP contribution in [0.25, 0.3) is 0 Å². The zero-order valence-corrected chi connectivity index (χ0v) is 11.9. The first kappa shape index (κ1) is 13.6. The summed E-state index contributed by atoms with van der Waals surface area (Å²) >= 11 is 0. The molecule has 0 atom stereocenters. The Bertz CT molecular complexity index is 501. The van der Waals surface area contributed by atoms with Crippen LogP contribution in [-0.4, -0.2) is 26.8 Å². The average molecular weight is 267 g/mol. The maximum absolute atomic E-state index is 12.7. The fourth-order valence-electron chi connectivity index (χ4n) is 2.59. The number of aryl methyl sites for hydroxylation is 1. The van der Waals surface area contributed by atoms with Crippen LogP contribution in [0.5, 0.6) is 0 Å². The van der Waals surface area contributed by atoms with Gasteiger partial charge in [0.25, 0.3) is 0 Å². The van der Waals surface area contributed by atoms with E-state index in [-0.39, 0.29) is 0 Å². The van der Waals surface area contributed by atoms with Crippen molar-refractivity contribution in [2.45, 2.75) is 42.2 Å². The lowest BCUT2D eigenvalue weighted by atomic mass is 9.84. The lowest BCUT2D eigenvalue weighted by Gasteiger charge is -2.40. The van der Waals surface area contributed by atoms with E-state index in [9.17, 15) is 8.42 Å². The summed E-state index contributed by atoms with van der Waals surface area (Å²) in [5.74, 6) is 0. The van der Waals surface area contributed by atoms with Crippen LogP contribution in [0, 0.1) is 0 Å². The van der Waals surface area contributed by atoms with Crippen molar-refractivity contribution in [1.82, 2.24) is 5.32 Å². The second kappa shape index (κ2) is 5.02. The molecule has 0 aliphatic heterocycles. The van der Waals surface area contributed by atoms with E-state index >= 15 is 0 Å². The second-order valence-electron chi connectivity index (χ2n) is 5.07. The van der Waals surface area contributed by atoms with Gasteiger partial charge in [0.2, 0.25) is 0 Å². The van der Waals surface area contributed by atoms with Crippen molar-refractivity contribution in [3.63, 3.8) is 0 Å². The molecule has 3 nitrogen and oxygen atoms in total. The maximum atomic E-state index is 12.7. The Balaban J connectivity index is 2.34. The zero-order valence-electron chi connectivity index (χ0n) is 11.1. The van der Waals surface area contributed by atoms with Crippen molar-refractivity contribution in [2.75, 3.05) is 13.6 Å². The lowest BCUT2D eigenvalue weighted by Crippen LogP contribution is -2.51. The molecule has 0 bridgehead atoms. The van der Waals surface area contributed by atoms with Gasteiger partial charge in [0.15, 0.2) is 9.84 Å². The van der Waals surface area contributed by atoms with Gasteiger partial charge in [0.1, 0.15) is 0 Å². The maximum Gasteiger partial charge on any atom is 0.185 e. The third-order valence-electron chi connectivity index (χ3n) is 3.98. The van der Waals surface area contributed by atoms with Crippen molar-refractivity contribution in [2.24, 2.45) is 0 Å². The van der Waals surface area contributed by atoms with Crippen LogP contribution in [-0.2, 0) is 16.3 Å². The van der Waals surface area contributed by atoms with Gasteiger partial charge in [0.05, 0.1) is 9.64 Å². The molecule has 1 aliphatic carbocycles. The third-order valence-corrected chi connectivity index (χ3v) is 6.56. The number of nitrogens with one attached hydrogen (secondary N) is 1. The van der Waals surface area contributed by atoms with Crippen LogP contribution in [0.1, 0.15) is 31.7 Å². The van der Waals surface area contributed by atoms with E-state index < -0.39 is 14.6 Å². The molecular formula is C14H21NO2S. The zero-order chi connectivity index (χ0) is 13.2. The summed E-state index contributed by atoms with van der Waals surface area (Å²) in [6, 6.07) is 7.34. The minimum Gasteiger partial charge on any atom is -0.318 e. The molecular weight excluding hydrogens is 246 g/mol. The van der Waals surface area contributed by atoms with Crippen LogP contribution in [0.2, 0.25) is 0 Å². The normalized spacial score (nSPS) is 18.3. The standard InChI is InChI=1S/C14H21NO2S/c1-3-12-5-7-13(8-6-12)18(16,17)14(11-15-2)9-4-10-14/h5-8,15H,3-4,9-11H2,1-2H3. The van der Waals surface area contributed by atoms with E-state index in [4.69, 9.17) is 0 Å². The number of hydrogen-bond donors (Lipinski definition) is 1. The van der Waals surface area contributed by atoms with Crippen LogP contribution in [0.15, 0.2) is 29.2 Å². The SMILES string of the molecule is CCc1ccc(S(=O)(=O)C2(CNC)CCC2)cc1. The van der Waals surface area contributed by atoms with E-state index in [1.165, 1.54) is 5.56 Å². The summed E-state index contributed by atoms with van der Waals surface area (Å²) in [6.45, 7) is 2.61. The topological polar surface area (TPSA) is 46.2 Å². The third kappa shape index (κ3) is 2.08. The molecule has 2 rings (SSSR count). The van der Waals surface area contributed by atoms with Crippen LogP contribution < -0.4 is 5.32 Å². The minimum absolute atomic E-state index is 0.467. The van der Waals surface area contributed by atoms with Crippen LogP contribution in [0.4, 0.5) is 0 Å². The number of hydrogen-bond acceptors (Lipinski definition) is 3. The van der Waals surface area contributed by atoms with Crippen LogP contribution >= 0.6 is 0 Å². The lowest BCUT2D eigenvalue weighted by molar-refractivity contribution is 0.328. The Kier molecular flexibility index (Phi) is 3.78. The van der Waals surface area contributed by atoms with Crippen molar-refractivity contribution < 1.29 is 8.42 Å². The summed E-state index contributed by atoms with van der Waals surface area (Å²) in [4.78, 5) is 0.467. The molecule has 0 heterocycles.